The van der Waals surface area contributed by atoms with Crippen molar-refractivity contribution >= 4 is 22.0 Å². The van der Waals surface area contributed by atoms with E-state index in [9.17, 15) is 23.8 Å². The fourth-order valence-electron chi connectivity index (χ4n) is 3.17. The number of carbonyl (C=O) groups is 1. The second-order valence-electron chi connectivity index (χ2n) is 6.35. The van der Waals surface area contributed by atoms with Gasteiger partial charge >= 0.3 is 6.09 Å². The summed E-state index contributed by atoms with van der Waals surface area (Å²) in [5, 5.41) is 19.7. The minimum Gasteiger partial charge on any atom is -0.465 e. The van der Waals surface area contributed by atoms with Gasteiger partial charge in [0.1, 0.15) is 17.4 Å². The summed E-state index contributed by atoms with van der Waals surface area (Å²) in [5.74, 6) is -1.44. The first-order valence-electron chi connectivity index (χ1n) is 7.53. The lowest BCUT2D eigenvalue weighted by Crippen LogP contribution is -2.48. The molecule has 0 bridgehead atoms. The van der Waals surface area contributed by atoms with E-state index >= 15 is 0 Å². The second kappa shape index (κ2) is 7.33. The molecule has 0 aliphatic carbocycles. The molecule has 1 unspecified atom stereocenters. The number of amides is 1. The van der Waals surface area contributed by atoms with E-state index in [1.54, 1.807) is 13.8 Å². The molecule has 1 aromatic rings. The number of hydrogen-bond acceptors (Lipinski definition) is 3. The highest BCUT2D eigenvalue weighted by Gasteiger charge is 2.50. The average Bonchev–Trinajstić information content (AvgIpc) is 2.67. The van der Waals surface area contributed by atoms with Gasteiger partial charge in [0.05, 0.1) is 18.2 Å². The summed E-state index contributed by atoms with van der Waals surface area (Å²) in [6.45, 7) is 3.22. The van der Waals surface area contributed by atoms with Crippen LogP contribution in [0.1, 0.15) is 25.8 Å². The van der Waals surface area contributed by atoms with Crippen LogP contribution in [-0.2, 0) is 11.2 Å². The van der Waals surface area contributed by atoms with Crippen molar-refractivity contribution in [1.29, 1.82) is 0 Å². The van der Waals surface area contributed by atoms with Crippen LogP contribution in [-0.4, -0.2) is 50.5 Å². The molecule has 0 spiro atoms. The highest BCUT2D eigenvalue weighted by molar-refractivity contribution is 9.09. The van der Waals surface area contributed by atoms with Crippen LogP contribution < -0.4 is 0 Å². The molecule has 1 heterocycles. The van der Waals surface area contributed by atoms with Crippen LogP contribution in [0.4, 0.5) is 13.6 Å². The summed E-state index contributed by atoms with van der Waals surface area (Å²) in [6.07, 6.45) is -2.19. The van der Waals surface area contributed by atoms with Crippen molar-refractivity contribution in [3.63, 3.8) is 0 Å². The first kappa shape index (κ1) is 19.1. The van der Waals surface area contributed by atoms with Gasteiger partial charge in [0, 0.05) is 17.8 Å². The third-order valence-corrected chi connectivity index (χ3v) is 4.78. The molecule has 2 N–H and O–H groups in total. The monoisotopic (exact) mass is 407 g/mol. The van der Waals surface area contributed by atoms with Gasteiger partial charge in [-0.3, -0.25) is 4.90 Å². The number of halogens is 3. The van der Waals surface area contributed by atoms with E-state index in [-0.39, 0.29) is 12.8 Å². The summed E-state index contributed by atoms with van der Waals surface area (Å²) in [5.41, 5.74) is -0.762. The van der Waals surface area contributed by atoms with Crippen LogP contribution >= 0.6 is 15.9 Å². The molecule has 0 radical (unpaired) electrons. The predicted molar refractivity (Wildman–Crippen MR) is 87.1 cm³/mol. The molecule has 0 aromatic heterocycles. The largest absolute Gasteiger partial charge is 0.465 e. The fourth-order valence-corrected chi connectivity index (χ4v) is 3.44. The molecule has 3 atom stereocenters. The smallest absolute Gasteiger partial charge is 0.409 e. The molecule has 2 rings (SSSR count). The summed E-state index contributed by atoms with van der Waals surface area (Å²) in [7, 11) is 0. The number of rotatable bonds is 5. The third kappa shape index (κ3) is 4.23. The van der Waals surface area contributed by atoms with Crippen LogP contribution in [0.5, 0.6) is 0 Å². The minimum atomic E-state index is -1.18. The third-order valence-electron chi connectivity index (χ3n) is 4.04. The van der Waals surface area contributed by atoms with Crippen LogP contribution in [0.15, 0.2) is 18.2 Å². The van der Waals surface area contributed by atoms with Crippen molar-refractivity contribution < 1.29 is 28.5 Å². The maximum absolute atomic E-state index is 13.4. The lowest BCUT2D eigenvalue weighted by molar-refractivity contribution is -0.0737. The van der Waals surface area contributed by atoms with Gasteiger partial charge < -0.3 is 14.9 Å². The molecule has 1 fully saturated rings. The van der Waals surface area contributed by atoms with Crippen LogP contribution in [0.25, 0.3) is 0 Å². The number of ether oxygens (including phenoxy) is 1. The number of aliphatic hydroxyl groups excluding tert-OH is 1. The zero-order chi connectivity index (χ0) is 18.1. The van der Waals surface area contributed by atoms with E-state index in [0.717, 1.165) is 11.0 Å². The maximum Gasteiger partial charge on any atom is 0.409 e. The molecule has 1 aromatic carbocycles. The summed E-state index contributed by atoms with van der Waals surface area (Å²) in [4.78, 5) is 12.8. The van der Waals surface area contributed by atoms with E-state index in [2.05, 4.69) is 15.9 Å². The number of aliphatic hydroxyl groups is 1. The van der Waals surface area contributed by atoms with Crippen molar-refractivity contribution in [3.05, 3.63) is 35.4 Å². The minimum absolute atomic E-state index is 0.0874. The molecule has 24 heavy (non-hydrogen) atoms. The Balaban J connectivity index is 2.32. The second-order valence-corrected chi connectivity index (χ2v) is 7.00. The summed E-state index contributed by atoms with van der Waals surface area (Å²) in [6, 6.07) is 2.45. The molecule has 5 nitrogen and oxygen atoms in total. The van der Waals surface area contributed by atoms with Crippen molar-refractivity contribution in [3.8, 4) is 0 Å². The number of carboxylic acid groups (broad SMARTS) is 1. The molecule has 1 aliphatic heterocycles. The first-order chi connectivity index (χ1) is 11.1. The molecule has 0 saturated carbocycles. The van der Waals surface area contributed by atoms with Crippen LogP contribution in [0, 0.1) is 11.6 Å². The molecule has 1 saturated heterocycles. The quantitative estimate of drug-likeness (QED) is 0.735. The number of alkyl halides is 1. The zero-order valence-corrected chi connectivity index (χ0v) is 15.0. The van der Waals surface area contributed by atoms with Gasteiger partial charge in [-0.1, -0.05) is 15.9 Å². The average molecular weight is 408 g/mol. The lowest BCUT2D eigenvalue weighted by atomic mass is 9.97. The Hall–Kier alpha value is -1.25. The molecular formula is C16H20BrF2NO4. The predicted octanol–water partition coefficient (Wildman–Crippen LogP) is 3.14. The number of nitrogens with zero attached hydrogens (tertiary/aromatic N) is 1. The highest BCUT2D eigenvalue weighted by atomic mass is 79.9. The van der Waals surface area contributed by atoms with Crippen LogP contribution in [0.2, 0.25) is 0 Å². The Morgan fingerprint density at radius 3 is 2.46 bits per heavy atom. The van der Waals surface area contributed by atoms with E-state index < -0.39 is 41.7 Å². The Kier molecular flexibility index (Phi) is 5.83. The molecule has 134 valence electrons. The van der Waals surface area contributed by atoms with Crippen molar-refractivity contribution in [1.82, 2.24) is 4.90 Å². The molecule has 8 heteroatoms. The standard InChI is InChI=1S/C16H20BrF2NO4/c1-16(2)20(15(22)23)13(14(24-16)7-12(21)8-17)5-9-3-10(18)6-11(19)4-9/h3-4,6,12-14,21H,5,7-8H2,1-2H3,(H,22,23)/t12?,13-,14-/m0/s1. The summed E-state index contributed by atoms with van der Waals surface area (Å²) >= 11 is 3.17. The molecule has 1 aliphatic rings. The van der Waals surface area contributed by atoms with E-state index in [1.165, 1.54) is 12.1 Å². The van der Waals surface area contributed by atoms with Gasteiger partial charge in [0.15, 0.2) is 0 Å². The van der Waals surface area contributed by atoms with Crippen molar-refractivity contribution in [2.75, 3.05) is 5.33 Å². The normalized spacial score (nSPS) is 24.2. The Bertz CT molecular complexity index is 593. The van der Waals surface area contributed by atoms with E-state index in [0.29, 0.717) is 10.9 Å². The molecular weight excluding hydrogens is 388 g/mol. The fraction of sp³-hybridized carbons (Fsp3) is 0.562. The topological polar surface area (TPSA) is 70.0 Å². The van der Waals surface area contributed by atoms with Gasteiger partial charge in [-0.05, 0) is 38.0 Å². The Morgan fingerprint density at radius 1 is 1.38 bits per heavy atom. The number of benzene rings is 1. The SMILES string of the molecule is CC1(C)O[C@@H](CC(O)CBr)[C@H](Cc2cc(F)cc(F)c2)N1C(=O)O. The highest BCUT2D eigenvalue weighted by Crippen LogP contribution is 2.36. The van der Waals surface area contributed by atoms with E-state index in [4.69, 9.17) is 4.74 Å². The van der Waals surface area contributed by atoms with Gasteiger partial charge in [0.25, 0.3) is 0 Å². The van der Waals surface area contributed by atoms with Crippen molar-refractivity contribution in [2.24, 2.45) is 0 Å². The molecule has 1 amide bonds. The Morgan fingerprint density at radius 2 is 1.96 bits per heavy atom. The summed E-state index contributed by atoms with van der Waals surface area (Å²) < 4.78 is 32.7. The van der Waals surface area contributed by atoms with Gasteiger partial charge in [-0.15, -0.1) is 0 Å². The van der Waals surface area contributed by atoms with Gasteiger partial charge in [-0.25, -0.2) is 13.6 Å². The first-order valence-corrected chi connectivity index (χ1v) is 8.65. The number of hydrogen-bond donors (Lipinski definition) is 2. The van der Waals surface area contributed by atoms with Crippen LogP contribution in [0.3, 0.4) is 0 Å². The van der Waals surface area contributed by atoms with Gasteiger partial charge in [-0.2, -0.15) is 0 Å². The maximum atomic E-state index is 13.4. The van der Waals surface area contributed by atoms with E-state index in [1.807, 2.05) is 0 Å². The Labute approximate surface area is 147 Å². The zero-order valence-electron chi connectivity index (χ0n) is 13.4. The lowest BCUT2D eigenvalue weighted by Gasteiger charge is -2.31. The van der Waals surface area contributed by atoms with Gasteiger partial charge in [0.2, 0.25) is 0 Å². The van der Waals surface area contributed by atoms with Crippen molar-refractivity contribution in [2.45, 2.75) is 50.7 Å².